The summed E-state index contributed by atoms with van der Waals surface area (Å²) in [7, 11) is 1.54. The number of H-pyrrole nitrogens is 1. The maximum absolute atomic E-state index is 5.03. The summed E-state index contributed by atoms with van der Waals surface area (Å²) in [6, 6.07) is 6.58. The van der Waals surface area contributed by atoms with Crippen LogP contribution in [0.4, 0.5) is 0 Å². The lowest BCUT2D eigenvalue weighted by atomic mass is 10.1. The first-order valence-electron chi connectivity index (χ1n) is 9.62. The molecule has 8 nitrogen and oxygen atoms in total. The molecular formula is C22H21N7O. The van der Waals surface area contributed by atoms with Gasteiger partial charge in [-0.15, -0.1) is 0 Å². The van der Waals surface area contributed by atoms with Crippen molar-refractivity contribution in [1.82, 2.24) is 34.5 Å². The number of aromatic nitrogens is 7. The van der Waals surface area contributed by atoms with E-state index < -0.39 is 0 Å². The molecule has 0 aliphatic heterocycles. The second-order valence-electron chi connectivity index (χ2n) is 8.10. The number of fused-ring (bicyclic) bond motifs is 2. The molecule has 0 atom stereocenters. The van der Waals surface area contributed by atoms with Crippen molar-refractivity contribution in [2.75, 3.05) is 7.11 Å². The van der Waals surface area contributed by atoms with Crippen LogP contribution in [0.2, 0.25) is 0 Å². The second-order valence-corrected chi connectivity index (χ2v) is 8.10. The number of imidazole rings is 1. The largest absolute Gasteiger partial charge is 0.467 e. The molecule has 5 aromatic rings. The Morgan fingerprint density at radius 3 is 2.50 bits per heavy atom. The van der Waals surface area contributed by atoms with Crippen molar-refractivity contribution in [3.8, 4) is 28.4 Å². The number of nitrogens with one attached hydrogen (secondary N) is 1. The van der Waals surface area contributed by atoms with Gasteiger partial charge in [-0.25, -0.2) is 24.9 Å². The van der Waals surface area contributed by atoms with Gasteiger partial charge in [0.05, 0.1) is 36.4 Å². The van der Waals surface area contributed by atoms with Gasteiger partial charge in [-0.05, 0) is 38.5 Å². The zero-order chi connectivity index (χ0) is 20.9. The lowest BCUT2D eigenvalue weighted by Gasteiger charge is -2.21. The van der Waals surface area contributed by atoms with Crippen LogP contribution in [0.15, 0.2) is 49.3 Å². The predicted octanol–water partition coefficient (Wildman–Crippen LogP) is 4.20. The predicted molar refractivity (Wildman–Crippen MR) is 115 cm³/mol. The van der Waals surface area contributed by atoms with Crippen molar-refractivity contribution in [3.63, 3.8) is 0 Å². The maximum atomic E-state index is 5.03. The van der Waals surface area contributed by atoms with Crippen LogP contribution in [0.25, 0.3) is 44.6 Å². The molecule has 4 heterocycles. The Bertz CT molecular complexity index is 1360. The zero-order valence-electron chi connectivity index (χ0n) is 17.2. The molecule has 4 aromatic heterocycles. The van der Waals surface area contributed by atoms with Crippen LogP contribution >= 0.6 is 0 Å². The minimum absolute atomic E-state index is 0.0606. The van der Waals surface area contributed by atoms with Crippen LogP contribution in [0, 0.1) is 0 Å². The second kappa shape index (κ2) is 6.62. The van der Waals surface area contributed by atoms with Crippen molar-refractivity contribution >= 4 is 22.2 Å². The Kier molecular flexibility index (Phi) is 4.02. The number of nitrogens with zero attached hydrogens (tertiary/aromatic N) is 6. The average molecular weight is 399 g/mol. The van der Waals surface area contributed by atoms with Crippen molar-refractivity contribution in [3.05, 3.63) is 49.3 Å². The summed E-state index contributed by atoms with van der Waals surface area (Å²) >= 11 is 0. The number of hydrogen-bond acceptors (Lipinski definition) is 6. The van der Waals surface area contributed by atoms with E-state index in [9.17, 15) is 0 Å². The summed E-state index contributed by atoms with van der Waals surface area (Å²) in [5.41, 5.74) is 7.03. The molecule has 0 unspecified atom stereocenters. The highest BCUT2D eigenvalue weighted by atomic mass is 16.5. The Morgan fingerprint density at radius 1 is 0.967 bits per heavy atom. The van der Waals surface area contributed by atoms with Crippen LogP contribution in [-0.2, 0) is 5.54 Å². The summed E-state index contributed by atoms with van der Waals surface area (Å²) in [5, 5.41) is 0. The third kappa shape index (κ3) is 2.97. The zero-order valence-corrected chi connectivity index (χ0v) is 17.2. The maximum Gasteiger partial charge on any atom is 0.316 e. The topological polar surface area (TPSA) is 94.4 Å². The van der Waals surface area contributed by atoms with Crippen molar-refractivity contribution in [2.24, 2.45) is 0 Å². The highest BCUT2D eigenvalue weighted by molar-refractivity contribution is 5.94. The van der Waals surface area contributed by atoms with Gasteiger partial charge in [0, 0.05) is 35.3 Å². The van der Waals surface area contributed by atoms with Gasteiger partial charge in [0.1, 0.15) is 5.52 Å². The summed E-state index contributed by atoms with van der Waals surface area (Å²) in [5.74, 6) is 0. The van der Waals surface area contributed by atoms with E-state index >= 15 is 0 Å². The minimum atomic E-state index is -0.0606. The van der Waals surface area contributed by atoms with Gasteiger partial charge in [-0.2, -0.15) is 0 Å². The number of methoxy groups -OCH3 is 1. The van der Waals surface area contributed by atoms with Gasteiger partial charge < -0.3 is 14.3 Å². The normalized spacial score (nSPS) is 12.0. The number of aromatic amines is 1. The van der Waals surface area contributed by atoms with E-state index in [0.717, 1.165) is 38.9 Å². The van der Waals surface area contributed by atoms with E-state index in [2.05, 4.69) is 62.4 Å². The Balaban J connectivity index is 1.64. The molecule has 1 aromatic carbocycles. The van der Waals surface area contributed by atoms with E-state index in [1.807, 2.05) is 18.6 Å². The minimum Gasteiger partial charge on any atom is -0.467 e. The monoisotopic (exact) mass is 399 g/mol. The summed E-state index contributed by atoms with van der Waals surface area (Å²) in [4.78, 5) is 25.5. The first-order chi connectivity index (χ1) is 14.4. The Hall–Kier alpha value is -3.81. The average Bonchev–Trinajstić information content (AvgIpc) is 3.36. The van der Waals surface area contributed by atoms with E-state index in [1.54, 1.807) is 18.6 Å². The lowest BCUT2D eigenvalue weighted by Crippen LogP contribution is -2.20. The molecule has 0 spiro atoms. The first-order valence-corrected chi connectivity index (χ1v) is 9.62. The van der Waals surface area contributed by atoms with Crippen LogP contribution in [0.5, 0.6) is 6.01 Å². The van der Waals surface area contributed by atoms with Crippen molar-refractivity contribution in [2.45, 2.75) is 26.3 Å². The number of hydrogen-bond donors (Lipinski definition) is 1. The molecule has 8 heteroatoms. The van der Waals surface area contributed by atoms with Gasteiger partial charge in [0.25, 0.3) is 0 Å². The number of benzene rings is 1. The van der Waals surface area contributed by atoms with Crippen molar-refractivity contribution in [1.29, 1.82) is 0 Å². The highest BCUT2D eigenvalue weighted by Gasteiger charge is 2.18. The molecule has 30 heavy (non-hydrogen) atoms. The van der Waals surface area contributed by atoms with Gasteiger partial charge >= 0.3 is 6.01 Å². The summed E-state index contributed by atoms with van der Waals surface area (Å²) in [6.45, 7) is 6.50. The first kappa shape index (κ1) is 18.2. The molecule has 0 radical (unpaired) electrons. The molecule has 0 aliphatic carbocycles. The fourth-order valence-electron chi connectivity index (χ4n) is 3.51. The fraction of sp³-hybridized carbons (Fsp3) is 0.227. The van der Waals surface area contributed by atoms with Crippen LogP contribution in [0.3, 0.4) is 0 Å². The number of rotatable bonds is 3. The highest BCUT2D eigenvalue weighted by Crippen LogP contribution is 2.31. The van der Waals surface area contributed by atoms with Gasteiger partial charge in [-0.1, -0.05) is 6.07 Å². The Labute approximate surface area is 173 Å². The third-order valence-electron chi connectivity index (χ3n) is 5.07. The standard InChI is InChI=1S/C22H21N7O/c1-22(2,3)29-12-27-16-6-5-13(7-18(16)29)15-10-23-20-19(15)28-17(11-24-20)14-8-25-21(30-4)26-9-14/h5-12H,1-4H3,(H,23,24). The molecule has 0 saturated heterocycles. The van der Waals surface area contributed by atoms with E-state index in [1.165, 1.54) is 7.11 Å². The SMILES string of the molecule is COc1ncc(-c2cnc3[nH]cc(-c4ccc5ncn(C(C)(C)C)c5c4)c3n2)cn1. The van der Waals surface area contributed by atoms with Crippen molar-refractivity contribution < 1.29 is 4.74 Å². The van der Waals surface area contributed by atoms with E-state index in [0.29, 0.717) is 11.7 Å². The summed E-state index contributed by atoms with van der Waals surface area (Å²) < 4.78 is 7.22. The van der Waals surface area contributed by atoms with Gasteiger partial charge in [0.2, 0.25) is 0 Å². The smallest absolute Gasteiger partial charge is 0.316 e. The number of ether oxygens (including phenoxy) is 1. The molecule has 0 aliphatic rings. The molecule has 0 fully saturated rings. The van der Waals surface area contributed by atoms with Gasteiger partial charge in [-0.3, -0.25) is 0 Å². The van der Waals surface area contributed by atoms with Gasteiger partial charge in [0.15, 0.2) is 5.65 Å². The third-order valence-corrected chi connectivity index (χ3v) is 5.07. The van der Waals surface area contributed by atoms with Crippen LogP contribution in [-0.4, -0.2) is 41.6 Å². The van der Waals surface area contributed by atoms with E-state index in [4.69, 9.17) is 9.72 Å². The Morgan fingerprint density at radius 2 is 1.77 bits per heavy atom. The van der Waals surface area contributed by atoms with Crippen LogP contribution < -0.4 is 4.74 Å². The van der Waals surface area contributed by atoms with E-state index in [-0.39, 0.29) is 5.54 Å². The summed E-state index contributed by atoms with van der Waals surface area (Å²) in [6.07, 6.45) is 8.92. The molecule has 0 saturated carbocycles. The molecule has 0 amide bonds. The fourth-order valence-corrected chi connectivity index (χ4v) is 3.51. The van der Waals surface area contributed by atoms with Crippen LogP contribution in [0.1, 0.15) is 20.8 Å². The molecule has 150 valence electrons. The molecule has 5 rings (SSSR count). The lowest BCUT2D eigenvalue weighted by molar-refractivity contribution is 0.380. The molecule has 0 bridgehead atoms. The quantitative estimate of drug-likeness (QED) is 0.489. The molecular weight excluding hydrogens is 378 g/mol. The molecule has 1 N–H and O–H groups in total.